The van der Waals surface area contributed by atoms with E-state index in [1.165, 1.54) is 56.9 Å². The first kappa shape index (κ1) is 22.5. The van der Waals surface area contributed by atoms with Gasteiger partial charge in [-0.3, -0.25) is 0 Å². The smallest absolute Gasteiger partial charge is 0.318 e. The molecule has 2 N–H and O–H groups in total. The SMILES string of the molecule is CCCCCCCCCC(C)c1cccc2nc(OCC)nc(N)c12.Cl. The van der Waals surface area contributed by atoms with Gasteiger partial charge < -0.3 is 10.5 Å². The second-order valence-electron chi connectivity index (χ2n) is 6.88. The number of unbranched alkanes of at least 4 members (excludes halogenated alkanes) is 6. The largest absolute Gasteiger partial charge is 0.464 e. The van der Waals surface area contributed by atoms with Gasteiger partial charge in [-0.05, 0) is 30.9 Å². The normalized spacial score (nSPS) is 12.0. The maximum atomic E-state index is 6.22. The third-order valence-electron chi connectivity index (χ3n) is 4.81. The monoisotopic (exact) mass is 379 g/mol. The molecule has 0 saturated heterocycles. The van der Waals surface area contributed by atoms with Gasteiger partial charge in [0, 0.05) is 5.39 Å². The Bertz CT molecular complexity index is 663. The van der Waals surface area contributed by atoms with Crippen molar-refractivity contribution < 1.29 is 4.74 Å². The number of nitrogens with two attached hydrogens (primary N) is 1. The summed E-state index contributed by atoms with van der Waals surface area (Å²) in [5, 5.41) is 0.987. The third-order valence-corrected chi connectivity index (χ3v) is 4.81. The highest BCUT2D eigenvalue weighted by atomic mass is 35.5. The molecular weight excluding hydrogens is 346 g/mol. The first-order chi connectivity index (χ1) is 12.2. The molecule has 2 rings (SSSR count). The summed E-state index contributed by atoms with van der Waals surface area (Å²) in [6, 6.07) is 6.57. The van der Waals surface area contributed by atoms with E-state index in [-0.39, 0.29) is 12.4 Å². The predicted molar refractivity (Wildman–Crippen MR) is 113 cm³/mol. The summed E-state index contributed by atoms with van der Waals surface area (Å²) >= 11 is 0. The van der Waals surface area contributed by atoms with Crippen molar-refractivity contribution >= 4 is 29.1 Å². The fourth-order valence-corrected chi connectivity index (χ4v) is 3.38. The minimum Gasteiger partial charge on any atom is -0.464 e. The Morgan fingerprint density at radius 3 is 2.38 bits per heavy atom. The Morgan fingerprint density at radius 1 is 1.00 bits per heavy atom. The molecule has 0 aliphatic rings. The van der Waals surface area contributed by atoms with Gasteiger partial charge >= 0.3 is 6.01 Å². The van der Waals surface area contributed by atoms with Crippen LogP contribution in [0.15, 0.2) is 18.2 Å². The van der Waals surface area contributed by atoms with Crippen molar-refractivity contribution in [1.82, 2.24) is 9.97 Å². The zero-order chi connectivity index (χ0) is 18.1. The van der Waals surface area contributed by atoms with E-state index in [9.17, 15) is 0 Å². The lowest BCUT2D eigenvalue weighted by Gasteiger charge is -2.16. The Labute approximate surface area is 164 Å². The number of anilines is 1. The number of benzene rings is 1. The Balaban J connectivity index is 0.00000338. The maximum absolute atomic E-state index is 6.22. The highest BCUT2D eigenvalue weighted by Gasteiger charge is 2.14. The van der Waals surface area contributed by atoms with Gasteiger partial charge in [0.2, 0.25) is 0 Å². The summed E-state index contributed by atoms with van der Waals surface area (Å²) < 4.78 is 5.41. The van der Waals surface area contributed by atoms with Gasteiger partial charge in [-0.15, -0.1) is 12.4 Å². The van der Waals surface area contributed by atoms with Crippen LogP contribution in [0.3, 0.4) is 0 Å². The van der Waals surface area contributed by atoms with Crippen molar-refractivity contribution in [2.45, 2.75) is 78.1 Å². The van der Waals surface area contributed by atoms with E-state index in [2.05, 4.69) is 35.9 Å². The van der Waals surface area contributed by atoms with Gasteiger partial charge in [-0.25, -0.2) is 0 Å². The summed E-state index contributed by atoms with van der Waals surface area (Å²) in [7, 11) is 0. The molecule has 0 fully saturated rings. The first-order valence-corrected chi connectivity index (χ1v) is 9.86. The average Bonchev–Trinajstić information content (AvgIpc) is 2.60. The molecule has 0 bridgehead atoms. The van der Waals surface area contributed by atoms with Gasteiger partial charge in [0.25, 0.3) is 0 Å². The van der Waals surface area contributed by atoms with Crippen LogP contribution < -0.4 is 10.5 Å². The third kappa shape index (κ3) is 6.31. The number of fused-ring (bicyclic) bond motifs is 1. The molecule has 2 aromatic rings. The Morgan fingerprint density at radius 2 is 1.69 bits per heavy atom. The molecule has 1 unspecified atom stereocenters. The predicted octanol–water partition coefficient (Wildman–Crippen LogP) is 6.28. The molecule has 1 aromatic heterocycles. The molecule has 0 spiro atoms. The van der Waals surface area contributed by atoms with Crippen LogP contribution in [0.5, 0.6) is 6.01 Å². The minimum absolute atomic E-state index is 0. The second-order valence-corrected chi connectivity index (χ2v) is 6.88. The van der Waals surface area contributed by atoms with E-state index in [0.29, 0.717) is 24.4 Å². The van der Waals surface area contributed by atoms with Crippen LogP contribution in [0.4, 0.5) is 5.82 Å². The second kappa shape index (κ2) is 11.9. The molecular formula is C21H34ClN3O. The molecule has 0 radical (unpaired) electrons. The molecule has 4 nitrogen and oxygen atoms in total. The lowest BCUT2D eigenvalue weighted by atomic mass is 9.92. The molecule has 0 aliphatic heterocycles. The first-order valence-electron chi connectivity index (χ1n) is 9.86. The zero-order valence-corrected chi connectivity index (χ0v) is 17.3. The number of rotatable bonds is 11. The Kier molecular flexibility index (Phi) is 10.3. The number of hydrogen-bond acceptors (Lipinski definition) is 4. The summed E-state index contributed by atoms with van der Waals surface area (Å²) in [6.07, 6.45) is 10.6. The lowest BCUT2D eigenvalue weighted by molar-refractivity contribution is 0.314. The number of nitrogen functional groups attached to an aromatic ring is 1. The number of nitrogens with zero attached hydrogens (tertiary/aromatic N) is 2. The number of ether oxygens (including phenoxy) is 1. The summed E-state index contributed by atoms with van der Waals surface area (Å²) in [6.45, 7) is 7.00. The molecule has 26 heavy (non-hydrogen) atoms. The molecule has 0 saturated carbocycles. The van der Waals surface area contributed by atoms with Crippen LogP contribution in [0.2, 0.25) is 0 Å². The highest BCUT2D eigenvalue weighted by molar-refractivity contribution is 5.91. The Hall–Kier alpha value is -1.55. The van der Waals surface area contributed by atoms with Crippen molar-refractivity contribution in [1.29, 1.82) is 0 Å². The molecule has 5 heteroatoms. The van der Waals surface area contributed by atoms with E-state index in [1.54, 1.807) is 0 Å². The maximum Gasteiger partial charge on any atom is 0.318 e. The zero-order valence-electron chi connectivity index (χ0n) is 16.5. The van der Waals surface area contributed by atoms with Crippen molar-refractivity contribution in [3.8, 4) is 6.01 Å². The van der Waals surface area contributed by atoms with Crippen LogP contribution >= 0.6 is 12.4 Å². The lowest BCUT2D eigenvalue weighted by Crippen LogP contribution is -2.04. The summed E-state index contributed by atoms with van der Waals surface area (Å²) in [4.78, 5) is 8.81. The van der Waals surface area contributed by atoms with Crippen LogP contribution in [-0.4, -0.2) is 16.6 Å². The van der Waals surface area contributed by atoms with Gasteiger partial charge in [0.1, 0.15) is 5.82 Å². The van der Waals surface area contributed by atoms with Crippen LogP contribution in [0, 0.1) is 0 Å². The van der Waals surface area contributed by atoms with Crippen molar-refractivity contribution in [2.24, 2.45) is 0 Å². The minimum atomic E-state index is 0. The number of aromatic nitrogens is 2. The standard InChI is InChI=1S/C21H33N3O.ClH/c1-4-6-7-8-9-10-11-13-16(3)17-14-12-15-18-19(17)20(22)24-21(23-18)25-5-2;/h12,14-16H,4-11,13H2,1-3H3,(H2,22,23,24);1H. The molecule has 1 atom stereocenters. The van der Waals surface area contributed by atoms with E-state index in [1.807, 2.05) is 13.0 Å². The van der Waals surface area contributed by atoms with E-state index in [4.69, 9.17) is 10.5 Å². The van der Waals surface area contributed by atoms with E-state index < -0.39 is 0 Å². The van der Waals surface area contributed by atoms with Crippen molar-refractivity contribution in [3.63, 3.8) is 0 Å². The molecule has 0 amide bonds. The van der Waals surface area contributed by atoms with Gasteiger partial charge in [-0.1, -0.05) is 70.9 Å². The average molecular weight is 380 g/mol. The molecule has 0 aliphatic carbocycles. The van der Waals surface area contributed by atoms with Crippen LogP contribution in [0.25, 0.3) is 10.9 Å². The number of hydrogen-bond donors (Lipinski definition) is 1. The fourth-order valence-electron chi connectivity index (χ4n) is 3.38. The highest BCUT2D eigenvalue weighted by Crippen LogP contribution is 2.32. The van der Waals surface area contributed by atoms with Crippen molar-refractivity contribution in [2.75, 3.05) is 12.3 Å². The molecule has 1 heterocycles. The fraction of sp³-hybridized carbons (Fsp3) is 0.619. The van der Waals surface area contributed by atoms with Crippen LogP contribution in [0.1, 0.15) is 83.6 Å². The van der Waals surface area contributed by atoms with Gasteiger partial charge in [-0.2, -0.15) is 9.97 Å². The molecule has 146 valence electrons. The van der Waals surface area contributed by atoms with Crippen LogP contribution in [-0.2, 0) is 0 Å². The van der Waals surface area contributed by atoms with Gasteiger partial charge in [0.15, 0.2) is 0 Å². The van der Waals surface area contributed by atoms with Gasteiger partial charge in [0.05, 0.1) is 12.1 Å². The quantitative estimate of drug-likeness (QED) is 0.467. The molecule has 1 aromatic carbocycles. The summed E-state index contributed by atoms with van der Waals surface area (Å²) in [5.74, 6) is 0.985. The number of halogens is 1. The topological polar surface area (TPSA) is 61.0 Å². The summed E-state index contributed by atoms with van der Waals surface area (Å²) in [5.41, 5.74) is 8.35. The van der Waals surface area contributed by atoms with Crippen molar-refractivity contribution in [3.05, 3.63) is 23.8 Å². The van der Waals surface area contributed by atoms with E-state index in [0.717, 1.165) is 10.9 Å². The van der Waals surface area contributed by atoms with E-state index >= 15 is 0 Å².